The largest absolute Gasteiger partial charge is 0.357 e. The minimum Gasteiger partial charge on any atom is -0.357 e. The summed E-state index contributed by atoms with van der Waals surface area (Å²) in [6.07, 6.45) is 1.91. The third-order valence-electron chi connectivity index (χ3n) is 5.52. The first kappa shape index (κ1) is 28.0. The van der Waals surface area contributed by atoms with Crippen LogP contribution in [0.15, 0.2) is 42.5 Å². The van der Waals surface area contributed by atoms with Gasteiger partial charge in [0.05, 0.1) is 11.9 Å². The summed E-state index contributed by atoms with van der Waals surface area (Å²) in [4.78, 5) is 27.3. The third kappa shape index (κ3) is 7.35. The molecule has 0 spiro atoms. The quantitative estimate of drug-likeness (QED) is 0.469. The Bertz CT molecular complexity index is 1120. The van der Waals surface area contributed by atoms with Gasteiger partial charge < -0.3 is 10.2 Å². The maximum atomic E-state index is 13.3. The second-order valence-electron chi connectivity index (χ2n) is 8.02. The lowest BCUT2D eigenvalue weighted by Crippen LogP contribution is -2.48. The zero-order valence-electron chi connectivity index (χ0n) is 19.8. The van der Waals surface area contributed by atoms with E-state index in [1.54, 1.807) is 30.3 Å². The number of carbonyl (C=O) groups excluding carboxylic acids is 2. The molecule has 1 N–H and O–H groups in total. The Balaban J connectivity index is 2.23. The van der Waals surface area contributed by atoms with Crippen molar-refractivity contribution in [2.75, 3.05) is 24.2 Å². The van der Waals surface area contributed by atoms with Crippen LogP contribution in [-0.2, 0) is 26.2 Å². The van der Waals surface area contributed by atoms with Gasteiger partial charge in [-0.15, -0.1) is 0 Å². The summed E-state index contributed by atoms with van der Waals surface area (Å²) in [5.74, 6) is -0.543. The number of halogens is 2. The number of amides is 2. The van der Waals surface area contributed by atoms with Crippen LogP contribution >= 0.6 is 23.2 Å². The van der Waals surface area contributed by atoms with E-state index in [0.29, 0.717) is 27.7 Å². The summed E-state index contributed by atoms with van der Waals surface area (Å²) in [7, 11) is -2.02. The molecule has 0 aliphatic rings. The van der Waals surface area contributed by atoms with E-state index in [-0.39, 0.29) is 37.7 Å². The molecule has 0 unspecified atom stereocenters. The molecule has 186 valence electrons. The van der Waals surface area contributed by atoms with Crippen molar-refractivity contribution < 1.29 is 18.0 Å². The number of nitrogens with one attached hydrogen (secondary N) is 1. The van der Waals surface area contributed by atoms with Gasteiger partial charge in [0.1, 0.15) is 6.04 Å². The molecule has 34 heavy (non-hydrogen) atoms. The number of sulfonamides is 1. The van der Waals surface area contributed by atoms with Crippen LogP contribution < -0.4 is 9.62 Å². The van der Waals surface area contributed by atoms with E-state index < -0.39 is 16.1 Å². The van der Waals surface area contributed by atoms with Crippen LogP contribution in [0.4, 0.5) is 5.69 Å². The van der Waals surface area contributed by atoms with Crippen molar-refractivity contribution >= 4 is 50.7 Å². The topological polar surface area (TPSA) is 86.8 Å². The number of benzene rings is 2. The maximum absolute atomic E-state index is 13.3. The summed E-state index contributed by atoms with van der Waals surface area (Å²) in [6, 6.07) is 11.5. The Hall–Kier alpha value is -2.29. The molecule has 0 aromatic heterocycles. The number of nitrogens with zero attached hydrogens (tertiary/aromatic N) is 2. The second-order valence-corrected chi connectivity index (χ2v) is 10.8. The van der Waals surface area contributed by atoms with Crippen molar-refractivity contribution in [1.82, 2.24) is 10.2 Å². The number of hydrogen-bond donors (Lipinski definition) is 1. The van der Waals surface area contributed by atoms with Crippen LogP contribution in [0.1, 0.15) is 37.3 Å². The standard InChI is InChI=1S/C24H31Cl2N3O4S/c1-5-21(24(31)27-3)28(16-18-12-13-19(25)15-20(18)26)23(30)11-8-14-29(34(4,32)33)22-10-7-6-9-17(22)2/h6-7,9-10,12-13,15,21H,5,8,11,14,16H2,1-4H3,(H,27,31)/t21-/m1/s1. The Morgan fingerprint density at radius 1 is 1.12 bits per heavy atom. The van der Waals surface area contributed by atoms with Gasteiger partial charge in [0.25, 0.3) is 0 Å². The Kier molecular flexibility index (Phi) is 10.2. The molecule has 0 heterocycles. The fraction of sp³-hybridized carbons (Fsp3) is 0.417. The van der Waals surface area contributed by atoms with Crippen LogP contribution in [0.25, 0.3) is 0 Å². The van der Waals surface area contributed by atoms with E-state index in [9.17, 15) is 18.0 Å². The van der Waals surface area contributed by atoms with Crippen molar-refractivity contribution in [3.63, 3.8) is 0 Å². The molecule has 0 radical (unpaired) electrons. The van der Waals surface area contributed by atoms with Crippen LogP contribution in [0.2, 0.25) is 10.0 Å². The number of para-hydroxylation sites is 1. The lowest BCUT2D eigenvalue weighted by Gasteiger charge is -2.31. The summed E-state index contributed by atoms with van der Waals surface area (Å²) in [5.41, 5.74) is 2.07. The maximum Gasteiger partial charge on any atom is 0.242 e. The Morgan fingerprint density at radius 2 is 1.79 bits per heavy atom. The lowest BCUT2D eigenvalue weighted by molar-refractivity contribution is -0.141. The molecule has 0 saturated carbocycles. The minimum atomic E-state index is -3.54. The first-order valence-electron chi connectivity index (χ1n) is 11.0. The van der Waals surface area contributed by atoms with E-state index in [2.05, 4.69) is 5.32 Å². The minimum absolute atomic E-state index is 0.0661. The van der Waals surface area contributed by atoms with Crippen LogP contribution in [-0.4, -0.2) is 51.0 Å². The molecule has 0 fully saturated rings. The number of aryl methyl sites for hydroxylation is 1. The highest BCUT2D eigenvalue weighted by Crippen LogP contribution is 2.25. The summed E-state index contributed by atoms with van der Waals surface area (Å²) in [6.45, 7) is 3.94. The average Bonchev–Trinajstić information content (AvgIpc) is 2.77. The number of hydrogen-bond acceptors (Lipinski definition) is 4. The molecule has 2 aromatic rings. The van der Waals surface area contributed by atoms with Crippen LogP contribution in [0, 0.1) is 6.92 Å². The molecule has 2 aromatic carbocycles. The molecule has 10 heteroatoms. The highest BCUT2D eigenvalue weighted by molar-refractivity contribution is 7.92. The van der Waals surface area contributed by atoms with E-state index in [4.69, 9.17) is 23.2 Å². The highest BCUT2D eigenvalue weighted by atomic mass is 35.5. The van der Waals surface area contributed by atoms with E-state index in [0.717, 1.165) is 11.8 Å². The van der Waals surface area contributed by atoms with Crippen molar-refractivity contribution in [3.8, 4) is 0 Å². The Labute approximate surface area is 212 Å². The Morgan fingerprint density at radius 3 is 2.35 bits per heavy atom. The molecule has 0 bridgehead atoms. The van der Waals surface area contributed by atoms with Crippen molar-refractivity contribution in [2.45, 2.75) is 45.7 Å². The molecule has 0 saturated heterocycles. The molecule has 0 aliphatic carbocycles. The van der Waals surface area contributed by atoms with Crippen LogP contribution in [0.3, 0.4) is 0 Å². The SMILES string of the molecule is CC[C@H](C(=O)NC)N(Cc1ccc(Cl)cc1Cl)C(=O)CCCN(c1ccccc1C)S(C)(=O)=O. The van der Waals surface area contributed by atoms with Crippen molar-refractivity contribution in [3.05, 3.63) is 63.6 Å². The lowest BCUT2D eigenvalue weighted by atomic mass is 10.1. The van der Waals surface area contributed by atoms with Gasteiger partial charge in [-0.3, -0.25) is 13.9 Å². The fourth-order valence-corrected chi connectivity index (χ4v) is 5.24. The van der Waals surface area contributed by atoms with Crippen molar-refractivity contribution in [2.24, 2.45) is 0 Å². The van der Waals surface area contributed by atoms with Gasteiger partial charge in [0.15, 0.2) is 0 Å². The monoisotopic (exact) mass is 527 g/mol. The zero-order valence-corrected chi connectivity index (χ0v) is 22.2. The predicted molar refractivity (Wildman–Crippen MR) is 138 cm³/mol. The first-order chi connectivity index (χ1) is 16.0. The molecule has 2 rings (SSSR count). The number of anilines is 1. The normalized spacial score (nSPS) is 12.2. The van der Waals surface area contributed by atoms with Gasteiger partial charge in [-0.25, -0.2) is 8.42 Å². The van der Waals surface area contributed by atoms with Crippen molar-refractivity contribution in [1.29, 1.82) is 0 Å². The molecular formula is C24H31Cl2N3O4S. The number of rotatable bonds is 11. The average molecular weight is 529 g/mol. The van der Waals surface area contributed by atoms with E-state index >= 15 is 0 Å². The number of carbonyl (C=O) groups is 2. The third-order valence-corrected chi connectivity index (χ3v) is 7.29. The summed E-state index contributed by atoms with van der Waals surface area (Å²) < 4.78 is 26.2. The summed E-state index contributed by atoms with van der Waals surface area (Å²) in [5, 5.41) is 3.49. The van der Waals surface area contributed by atoms with Gasteiger partial charge >= 0.3 is 0 Å². The summed E-state index contributed by atoms with van der Waals surface area (Å²) >= 11 is 12.3. The van der Waals surface area contributed by atoms with Gasteiger partial charge in [0, 0.05) is 36.6 Å². The first-order valence-corrected chi connectivity index (χ1v) is 13.6. The smallest absolute Gasteiger partial charge is 0.242 e. The zero-order chi connectivity index (χ0) is 25.5. The molecule has 1 atom stereocenters. The van der Waals surface area contributed by atoms with Crippen LogP contribution in [0.5, 0.6) is 0 Å². The second kappa shape index (κ2) is 12.4. The van der Waals surface area contributed by atoms with Gasteiger partial charge in [-0.2, -0.15) is 0 Å². The van der Waals surface area contributed by atoms with E-state index in [1.807, 2.05) is 26.0 Å². The number of likely N-dealkylation sites (N-methyl/N-ethyl adjacent to an activating group) is 1. The fourth-order valence-electron chi connectivity index (χ4n) is 3.75. The molecule has 7 nitrogen and oxygen atoms in total. The molecule has 2 amide bonds. The van der Waals surface area contributed by atoms with E-state index in [1.165, 1.54) is 16.3 Å². The van der Waals surface area contributed by atoms with Gasteiger partial charge in [-0.05, 0) is 49.1 Å². The predicted octanol–water partition coefficient (Wildman–Crippen LogP) is 4.40. The molecule has 0 aliphatic heterocycles. The van der Waals surface area contributed by atoms with Gasteiger partial charge in [0.2, 0.25) is 21.8 Å². The highest BCUT2D eigenvalue weighted by Gasteiger charge is 2.29. The molecular weight excluding hydrogens is 497 g/mol. The van der Waals surface area contributed by atoms with Gasteiger partial charge in [-0.1, -0.05) is 54.4 Å².